The van der Waals surface area contributed by atoms with E-state index in [0.29, 0.717) is 0 Å². The summed E-state index contributed by atoms with van der Waals surface area (Å²) in [7, 11) is 0. The third-order valence-corrected chi connectivity index (χ3v) is 3.17. The number of aliphatic hydroxyl groups is 1. The molecule has 4 nitrogen and oxygen atoms in total. The lowest BCUT2D eigenvalue weighted by molar-refractivity contribution is -0.162. The van der Waals surface area contributed by atoms with E-state index >= 15 is 0 Å². The summed E-state index contributed by atoms with van der Waals surface area (Å²) in [5, 5.41) is 9.37. The van der Waals surface area contributed by atoms with Gasteiger partial charge in [-0.3, -0.25) is 4.79 Å². The first-order chi connectivity index (χ1) is 5.77. The van der Waals surface area contributed by atoms with Gasteiger partial charge in [-0.2, -0.15) is 0 Å². The van der Waals surface area contributed by atoms with Gasteiger partial charge in [-0.05, 0) is 12.8 Å². The Morgan fingerprint density at radius 1 is 1.33 bits per heavy atom. The third kappa shape index (κ3) is 0.630. The zero-order chi connectivity index (χ0) is 8.29. The van der Waals surface area contributed by atoms with E-state index in [-0.39, 0.29) is 30.0 Å². The van der Waals surface area contributed by atoms with Crippen LogP contribution in [0, 0.1) is 11.8 Å². The van der Waals surface area contributed by atoms with E-state index in [0.717, 1.165) is 12.8 Å². The Morgan fingerprint density at radius 3 is 2.83 bits per heavy atom. The summed E-state index contributed by atoms with van der Waals surface area (Å²) in [5.41, 5.74) is 0. The van der Waals surface area contributed by atoms with E-state index in [4.69, 9.17) is 9.47 Å². The van der Waals surface area contributed by atoms with Crippen LogP contribution >= 0.6 is 0 Å². The Morgan fingerprint density at radius 2 is 2.08 bits per heavy atom. The first-order valence-corrected chi connectivity index (χ1v) is 4.31. The van der Waals surface area contributed by atoms with E-state index in [2.05, 4.69) is 0 Å². The first kappa shape index (κ1) is 6.86. The molecule has 0 spiro atoms. The molecule has 0 aromatic rings. The number of hydrogen-bond acceptors (Lipinski definition) is 4. The van der Waals surface area contributed by atoms with E-state index in [1.807, 2.05) is 0 Å². The van der Waals surface area contributed by atoms with E-state index in [1.54, 1.807) is 0 Å². The molecule has 2 bridgehead atoms. The maximum atomic E-state index is 11.2. The topological polar surface area (TPSA) is 55.8 Å². The Labute approximate surface area is 69.5 Å². The lowest BCUT2D eigenvalue weighted by Gasteiger charge is -2.17. The monoisotopic (exact) mass is 170 g/mol. The highest BCUT2D eigenvalue weighted by molar-refractivity contribution is 5.76. The maximum Gasteiger partial charge on any atom is 0.314 e. The number of rotatable bonds is 0. The average Bonchev–Trinajstić information content (AvgIpc) is 2.64. The molecule has 0 aromatic carbocycles. The van der Waals surface area contributed by atoms with Crippen molar-refractivity contribution in [3.63, 3.8) is 0 Å². The van der Waals surface area contributed by atoms with Gasteiger partial charge in [-0.1, -0.05) is 0 Å². The minimum absolute atomic E-state index is 0.0182. The fourth-order valence-corrected chi connectivity index (χ4v) is 2.66. The molecule has 3 heterocycles. The van der Waals surface area contributed by atoms with Crippen LogP contribution in [0.4, 0.5) is 0 Å². The van der Waals surface area contributed by atoms with E-state index in [1.165, 1.54) is 0 Å². The Balaban J connectivity index is 1.97. The highest BCUT2D eigenvalue weighted by Gasteiger charge is 2.60. The standard InChI is InChI=1S/C8H10O4/c9-7-5-3-1-2-4(11-3)6(5)8(10)12-7/h3-7,9H,1-2H2/t3-,4+,5-,6+,7-/m0/s1. The van der Waals surface area contributed by atoms with Gasteiger partial charge < -0.3 is 14.6 Å². The number of carbonyl (C=O) groups excluding carboxylic acids is 1. The SMILES string of the molecule is O=C1O[C@H](O)[C@@H]2[C@H]1[C@H]1CC[C@@H]2O1. The molecule has 0 unspecified atom stereocenters. The summed E-state index contributed by atoms with van der Waals surface area (Å²) in [5.74, 6) is -0.547. The van der Waals surface area contributed by atoms with Crippen LogP contribution in [0.3, 0.4) is 0 Å². The second-order valence-electron chi connectivity index (χ2n) is 3.72. The van der Waals surface area contributed by atoms with Gasteiger partial charge in [0.15, 0.2) is 0 Å². The van der Waals surface area contributed by atoms with Crippen LogP contribution in [0.5, 0.6) is 0 Å². The number of cyclic esters (lactones) is 1. The second-order valence-corrected chi connectivity index (χ2v) is 3.72. The van der Waals surface area contributed by atoms with Gasteiger partial charge in [0.2, 0.25) is 6.29 Å². The summed E-state index contributed by atoms with van der Waals surface area (Å²) in [6.07, 6.45) is 1.05. The molecule has 0 aromatic heterocycles. The fourth-order valence-electron chi connectivity index (χ4n) is 2.66. The normalized spacial score (nSPS) is 55.8. The molecule has 0 saturated carbocycles. The summed E-state index contributed by atoms with van der Waals surface area (Å²) in [4.78, 5) is 11.2. The van der Waals surface area contributed by atoms with Crippen molar-refractivity contribution >= 4 is 5.97 Å². The van der Waals surface area contributed by atoms with Crippen molar-refractivity contribution < 1.29 is 19.4 Å². The molecule has 3 fully saturated rings. The molecule has 0 amide bonds. The maximum absolute atomic E-state index is 11.2. The van der Waals surface area contributed by atoms with Crippen molar-refractivity contribution in [1.82, 2.24) is 0 Å². The van der Waals surface area contributed by atoms with Crippen molar-refractivity contribution in [2.24, 2.45) is 11.8 Å². The predicted octanol–water partition coefficient (Wildman–Crippen LogP) is -0.345. The molecular weight excluding hydrogens is 160 g/mol. The highest BCUT2D eigenvalue weighted by atomic mass is 16.7. The Hall–Kier alpha value is -0.610. The van der Waals surface area contributed by atoms with Crippen LogP contribution in [0.15, 0.2) is 0 Å². The second kappa shape index (κ2) is 2.00. The molecular formula is C8H10O4. The third-order valence-electron chi connectivity index (χ3n) is 3.17. The zero-order valence-electron chi connectivity index (χ0n) is 6.47. The smallest absolute Gasteiger partial charge is 0.314 e. The molecule has 12 heavy (non-hydrogen) atoms. The van der Waals surface area contributed by atoms with Crippen LogP contribution in [0.1, 0.15) is 12.8 Å². The van der Waals surface area contributed by atoms with Crippen molar-refractivity contribution in [1.29, 1.82) is 0 Å². The number of fused-ring (bicyclic) bond motifs is 5. The van der Waals surface area contributed by atoms with Gasteiger partial charge in [0.05, 0.1) is 24.0 Å². The van der Waals surface area contributed by atoms with Crippen LogP contribution < -0.4 is 0 Å². The quantitative estimate of drug-likeness (QED) is 0.505. The van der Waals surface area contributed by atoms with Crippen molar-refractivity contribution in [2.75, 3.05) is 0 Å². The zero-order valence-corrected chi connectivity index (χ0v) is 6.47. The molecule has 0 aliphatic carbocycles. The lowest BCUT2D eigenvalue weighted by atomic mass is 9.81. The van der Waals surface area contributed by atoms with Gasteiger partial charge in [0.1, 0.15) is 0 Å². The predicted molar refractivity (Wildman–Crippen MR) is 37.0 cm³/mol. The molecule has 66 valence electrons. The Kier molecular flexibility index (Phi) is 1.14. The van der Waals surface area contributed by atoms with Crippen LogP contribution in [-0.4, -0.2) is 29.6 Å². The highest BCUT2D eigenvalue weighted by Crippen LogP contribution is 2.48. The van der Waals surface area contributed by atoms with E-state index < -0.39 is 6.29 Å². The van der Waals surface area contributed by atoms with Crippen LogP contribution in [-0.2, 0) is 14.3 Å². The minimum atomic E-state index is -0.919. The number of aliphatic hydroxyl groups excluding tert-OH is 1. The lowest BCUT2D eigenvalue weighted by Crippen LogP contribution is -2.30. The van der Waals surface area contributed by atoms with Gasteiger partial charge in [0.25, 0.3) is 0 Å². The number of ether oxygens (including phenoxy) is 2. The molecule has 1 N–H and O–H groups in total. The van der Waals surface area contributed by atoms with Crippen LogP contribution in [0.2, 0.25) is 0 Å². The summed E-state index contributed by atoms with van der Waals surface area (Å²) in [6, 6.07) is 0. The van der Waals surface area contributed by atoms with Gasteiger partial charge in [-0.15, -0.1) is 0 Å². The molecule has 3 rings (SSSR count). The molecule has 3 aliphatic heterocycles. The van der Waals surface area contributed by atoms with Gasteiger partial charge in [-0.25, -0.2) is 0 Å². The molecule has 3 saturated heterocycles. The van der Waals surface area contributed by atoms with E-state index in [9.17, 15) is 9.90 Å². The average molecular weight is 170 g/mol. The summed E-state index contributed by atoms with van der Waals surface area (Å²) in [6.45, 7) is 0. The minimum Gasteiger partial charge on any atom is -0.435 e. The number of esters is 1. The first-order valence-electron chi connectivity index (χ1n) is 4.31. The van der Waals surface area contributed by atoms with Crippen molar-refractivity contribution in [2.45, 2.75) is 31.3 Å². The molecule has 4 heteroatoms. The van der Waals surface area contributed by atoms with Crippen molar-refractivity contribution in [3.05, 3.63) is 0 Å². The number of carbonyl (C=O) groups is 1. The van der Waals surface area contributed by atoms with Crippen molar-refractivity contribution in [3.8, 4) is 0 Å². The molecule has 0 radical (unpaired) electrons. The molecule has 3 aliphatic rings. The van der Waals surface area contributed by atoms with Gasteiger partial charge >= 0.3 is 5.97 Å². The summed E-state index contributed by atoms with van der Waals surface area (Å²) >= 11 is 0. The summed E-state index contributed by atoms with van der Waals surface area (Å²) < 4.78 is 10.3. The largest absolute Gasteiger partial charge is 0.435 e. The van der Waals surface area contributed by atoms with Crippen LogP contribution in [0.25, 0.3) is 0 Å². The molecule has 5 atom stereocenters. The fraction of sp³-hybridized carbons (Fsp3) is 0.875. The number of hydrogen-bond donors (Lipinski definition) is 1. The Bertz CT molecular complexity index is 239. The van der Waals surface area contributed by atoms with Gasteiger partial charge in [0, 0.05) is 0 Å².